The van der Waals surface area contributed by atoms with E-state index in [4.69, 9.17) is 4.42 Å². The molecule has 254 valence electrons. The Bertz CT molecular complexity index is 1900. The predicted octanol–water partition coefficient (Wildman–Crippen LogP) is 4.39. The van der Waals surface area contributed by atoms with E-state index < -0.39 is 24.0 Å². The van der Waals surface area contributed by atoms with E-state index in [9.17, 15) is 14.4 Å². The van der Waals surface area contributed by atoms with Crippen LogP contribution in [0.2, 0.25) is 0 Å². The molecule has 6 rings (SSSR count). The number of amides is 3. The SMILES string of the molecule is Cc1oc2nc1C(=O)N[C@H](C)c1nc(cs1)C(=O)N[C@H](Cc1ccccc1)CN(Cc1n[nH]nc1-c1ccccc1)CC(=O)N[C@H]2C(C)C. The summed E-state index contributed by atoms with van der Waals surface area (Å²) in [4.78, 5) is 51.9. The van der Waals surface area contributed by atoms with E-state index in [0.29, 0.717) is 35.1 Å². The van der Waals surface area contributed by atoms with Crippen LogP contribution in [0.4, 0.5) is 0 Å². The topological polar surface area (TPSA) is 171 Å². The van der Waals surface area contributed by atoms with E-state index in [1.165, 1.54) is 11.3 Å². The molecule has 0 saturated carbocycles. The number of carbonyl (C=O) groups excluding carboxylic acids is 3. The zero-order valence-electron chi connectivity index (χ0n) is 27.8. The second-order valence-electron chi connectivity index (χ2n) is 12.5. The lowest BCUT2D eigenvalue weighted by atomic mass is 10.0. The Kier molecular flexibility index (Phi) is 10.3. The lowest BCUT2D eigenvalue weighted by Gasteiger charge is -2.28. The molecule has 4 heterocycles. The van der Waals surface area contributed by atoms with E-state index in [2.05, 4.69) is 41.3 Å². The minimum Gasteiger partial charge on any atom is -0.443 e. The first kappa shape index (κ1) is 33.7. The second-order valence-corrected chi connectivity index (χ2v) is 13.4. The lowest BCUT2D eigenvalue weighted by molar-refractivity contribution is -0.123. The van der Waals surface area contributed by atoms with Gasteiger partial charge >= 0.3 is 0 Å². The van der Waals surface area contributed by atoms with Gasteiger partial charge in [-0.15, -0.1) is 11.3 Å². The fourth-order valence-electron chi connectivity index (χ4n) is 5.83. The minimum atomic E-state index is -0.598. The van der Waals surface area contributed by atoms with E-state index >= 15 is 0 Å². The zero-order chi connectivity index (χ0) is 34.5. The third kappa shape index (κ3) is 8.09. The number of benzene rings is 2. The van der Waals surface area contributed by atoms with Gasteiger partial charge in [0.1, 0.15) is 33.9 Å². The van der Waals surface area contributed by atoms with Crippen LogP contribution in [-0.4, -0.2) is 67.1 Å². The van der Waals surface area contributed by atoms with Gasteiger partial charge < -0.3 is 20.4 Å². The maximum atomic E-state index is 13.9. The molecule has 0 aliphatic carbocycles. The molecule has 0 spiro atoms. The number of H-pyrrole nitrogens is 1. The van der Waals surface area contributed by atoms with Gasteiger partial charge in [-0.3, -0.25) is 19.3 Å². The molecule has 0 unspecified atom stereocenters. The Labute approximate surface area is 287 Å². The highest BCUT2D eigenvalue weighted by Crippen LogP contribution is 2.26. The number of aryl methyl sites for hydroxylation is 1. The standard InChI is InChI=1S/C35H39N9O4S/c1-20(2)29-34-40-30(22(4)48-34)33(47)36-21(3)35-38-27(19-49-35)32(46)37-25(15-23-11-7-5-8-12-23)16-44(18-28(45)39-29)17-26-31(42-43-41-26)24-13-9-6-10-14-24/h5-14,19-21,25,29H,15-18H2,1-4H3,(H,36,47)(H,37,46)(H,39,45)(H,41,42,43)/t21-,25-,29+/m1/s1. The van der Waals surface area contributed by atoms with Crippen molar-refractivity contribution >= 4 is 29.1 Å². The number of carbonyl (C=O) groups is 3. The number of nitrogens with one attached hydrogen (secondary N) is 4. The number of rotatable bonds is 6. The zero-order valence-corrected chi connectivity index (χ0v) is 28.6. The minimum absolute atomic E-state index is 0.0309. The molecular formula is C35H39N9O4S. The summed E-state index contributed by atoms with van der Waals surface area (Å²) in [5.41, 5.74) is 3.61. The first-order valence-corrected chi connectivity index (χ1v) is 17.1. The van der Waals surface area contributed by atoms with Crippen molar-refractivity contribution in [2.45, 2.75) is 58.8 Å². The maximum absolute atomic E-state index is 13.9. The number of thiazole rings is 1. The normalized spacial score (nSPS) is 19.5. The number of aromatic nitrogens is 5. The summed E-state index contributed by atoms with van der Waals surface area (Å²) in [7, 11) is 0. The predicted molar refractivity (Wildman–Crippen MR) is 183 cm³/mol. The van der Waals surface area contributed by atoms with Crippen molar-refractivity contribution in [3.63, 3.8) is 0 Å². The number of hydrogen-bond acceptors (Lipinski definition) is 10. The fraction of sp³-hybridized carbons (Fsp3) is 0.343. The molecule has 0 saturated heterocycles. The Morgan fingerprint density at radius 1 is 0.918 bits per heavy atom. The van der Waals surface area contributed by atoms with Crippen LogP contribution < -0.4 is 16.0 Å². The third-order valence-electron chi connectivity index (χ3n) is 8.30. The van der Waals surface area contributed by atoms with Crippen LogP contribution >= 0.6 is 11.3 Å². The van der Waals surface area contributed by atoms with Crippen molar-refractivity contribution < 1.29 is 18.8 Å². The Hall–Kier alpha value is -5.21. The molecule has 1 aliphatic rings. The van der Waals surface area contributed by atoms with Gasteiger partial charge in [0, 0.05) is 30.1 Å². The van der Waals surface area contributed by atoms with Crippen LogP contribution in [0.1, 0.15) is 81.7 Å². The molecule has 14 heteroatoms. The molecule has 2 aromatic carbocycles. The van der Waals surface area contributed by atoms with Crippen LogP contribution in [-0.2, 0) is 17.8 Å². The van der Waals surface area contributed by atoms with Crippen LogP contribution in [0.25, 0.3) is 11.3 Å². The molecule has 0 fully saturated rings. The summed E-state index contributed by atoms with van der Waals surface area (Å²) >= 11 is 1.29. The van der Waals surface area contributed by atoms with Crippen LogP contribution in [0.5, 0.6) is 0 Å². The van der Waals surface area contributed by atoms with Crippen molar-refractivity contribution in [2.24, 2.45) is 5.92 Å². The summed E-state index contributed by atoms with van der Waals surface area (Å²) < 4.78 is 5.97. The molecule has 4 bridgehead atoms. The fourth-order valence-corrected chi connectivity index (χ4v) is 6.64. The van der Waals surface area contributed by atoms with Gasteiger partial charge in [0.2, 0.25) is 11.8 Å². The van der Waals surface area contributed by atoms with Crippen molar-refractivity contribution in [3.8, 4) is 11.3 Å². The first-order valence-electron chi connectivity index (χ1n) is 16.2. The van der Waals surface area contributed by atoms with Gasteiger partial charge in [0.15, 0.2) is 5.69 Å². The highest BCUT2D eigenvalue weighted by molar-refractivity contribution is 7.09. The van der Waals surface area contributed by atoms with Gasteiger partial charge in [0.25, 0.3) is 11.8 Å². The van der Waals surface area contributed by atoms with Crippen LogP contribution in [0.15, 0.2) is 70.5 Å². The Morgan fingerprint density at radius 3 is 2.39 bits per heavy atom. The number of fused-ring (bicyclic) bond motifs is 4. The number of hydrogen-bond donors (Lipinski definition) is 4. The molecule has 3 aromatic heterocycles. The molecule has 49 heavy (non-hydrogen) atoms. The van der Waals surface area contributed by atoms with E-state index in [-0.39, 0.29) is 48.1 Å². The summed E-state index contributed by atoms with van der Waals surface area (Å²) in [6.07, 6.45) is 0.505. The van der Waals surface area contributed by atoms with Crippen LogP contribution in [0, 0.1) is 12.8 Å². The summed E-state index contributed by atoms with van der Waals surface area (Å²) in [6.45, 7) is 7.91. The molecule has 5 aromatic rings. The molecule has 1 aliphatic heterocycles. The van der Waals surface area contributed by atoms with Crippen molar-refractivity contribution in [1.29, 1.82) is 0 Å². The average molecular weight is 682 g/mol. The molecular weight excluding hydrogens is 643 g/mol. The largest absolute Gasteiger partial charge is 0.443 e. The average Bonchev–Trinajstić information content (AvgIpc) is 3.84. The number of aromatic amines is 1. The van der Waals surface area contributed by atoms with Gasteiger partial charge in [-0.05, 0) is 31.7 Å². The van der Waals surface area contributed by atoms with Gasteiger partial charge in [-0.2, -0.15) is 15.4 Å². The van der Waals surface area contributed by atoms with E-state index in [0.717, 1.165) is 11.1 Å². The Morgan fingerprint density at radius 2 is 1.65 bits per heavy atom. The first-order chi connectivity index (χ1) is 23.6. The van der Waals surface area contributed by atoms with E-state index in [1.807, 2.05) is 79.4 Å². The molecule has 0 radical (unpaired) electrons. The lowest BCUT2D eigenvalue weighted by Crippen LogP contribution is -2.48. The van der Waals surface area contributed by atoms with Crippen molar-refractivity contribution in [1.82, 2.24) is 46.2 Å². The molecule has 3 atom stereocenters. The van der Waals surface area contributed by atoms with Gasteiger partial charge in [-0.25, -0.2) is 9.97 Å². The van der Waals surface area contributed by atoms with Crippen molar-refractivity contribution in [3.05, 3.63) is 105 Å². The number of nitrogens with zero attached hydrogens (tertiary/aromatic N) is 5. The highest BCUT2D eigenvalue weighted by atomic mass is 32.1. The molecule has 4 N–H and O–H groups in total. The van der Waals surface area contributed by atoms with Crippen molar-refractivity contribution in [2.75, 3.05) is 13.1 Å². The third-order valence-corrected chi connectivity index (χ3v) is 9.32. The monoisotopic (exact) mass is 681 g/mol. The van der Waals surface area contributed by atoms with Gasteiger partial charge in [-0.1, -0.05) is 74.5 Å². The van der Waals surface area contributed by atoms with E-state index in [1.54, 1.807) is 19.2 Å². The van der Waals surface area contributed by atoms with Crippen LogP contribution in [0.3, 0.4) is 0 Å². The summed E-state index contributed by atoms with van der Waals surface area (Å²) in [5, 5.41) is 23.0. The Balaban J connectivity index is 1.38. The van der Waals surface area contributed by atoms with Gasteiger partial charge in [0.05, 0.1) is 12.6 Å². The quantitative estimate of drug-likeness (QED) is 0.203. The maximum Gasteiger partial charge on any atom is 0.274 e. The molecule has 13 nitrogen and oxygen atoms in total. The smallest absolute Gasteiger partial charge is 0.274 e. The summed E-state index contributed by atoms with van der Waals surface area (Å²) in [6, 6.07) is 18.1. The second kappa shape index (κ2) is 14.9. The summed E-state index contributed by atoms with van der Waals surface area (Å²) in [5.74, 6) is -0.590. The highest BCUT2D eigenvalue weighted by Gasteiger charge is 2.30. The molecule has 3 amide bonds. The number of oxazole rings is 1.